The van der Waals surface area contributed by atoms with E-state index in [-0.39, 0.29) is 5.91 Å². The number of benzene rings is 2. The zero-order valence-electron chi connectivity index (χ0n) is 13.2. The largest absolute Gasteiger partial charge is 0.437 e. The van der Waals surface area contributed by atoms with Crippen molar-refractivity contribution in [3.8, 4) is 0 Å². The van der Waals surface area contributed by atoms with E-state index in [1.54, 1.807) is 6.08 Å². The van der Waals surface area contributed by atoms with Crippen molar-refractivity contribution in [3.63, 3.8) is 0 Å². The molecule has 1 aromatic heterocycles. The highest BCUT2D eigenvalue weighted by Crippen LogP contribution is 2.21. The second kappa shape index (κ2) is 6.48. The molecule has 0 fully saturated rings. The van der Waals surface area contributed by atoms with Crippen molar-refractivity contribution < 1.29 is 9.21 Å². The van der Waals surface area contributed by atoms with Crippen LogP contribution in [-0.4, -0.2) is 10.9 Å². The van der Waals surface area contributed by atoms with Gasteiger partial charge in [-0.2, -0.15) is 0 Å². The lowest BCUT2D eigenvalue weighted by Crippen LogP contribution is -2.11. The van der Waals surface area contributed by atoms with E-state index in [1.165, 1.54) is 6.08 Å². The molecule has 0 aliphatic heterocycles. The van der Waals surface area contributed by atoms with Crippen molar-refractivity contribution in [2.75, 3.05) is 5.32 Å². The van der Waals surface area contributed by atoms with E-state index in [9.17, 15) is 4.79 Å². The van der Waals surface area contributed by atoms with Gasteiger partial charge in [0.05, 0.1) is 0 Å². The number of carbonyl (C=O) groups is 1. The second-order valence-electron chi connectivity index (χ2n) is 5.30. The molecule has 0 aliphatic carbocycles. The molecule has 0 radical (unpaired) electrons. The van der Waals surface area contributed by atoms with Gasteiger partial charge in [-0.05, 0) is 36.6 Å². The average molecular weight is 306 g/mol. The summed E-state index contributed by atoms with van der Waals surface area (Å²) >= 11 is 0. The highest BCUT2D eigenvalue weighted by Gasteiger charge is 2.07. The van der Waals surface area contributed by atoms with Crippen molar-refractivity contribution in [2.24, 2.45) is 0 Å². The van der Waals surface area contributed by atoms with Crippen LogP contribution < -0.4 is 5.32 Å². The molecule has 0 aliphatic rings. The van der Waals surface area contributed by atoms with Crippen molar-refractivity contribution in [3.05, 3.63) is 65.6 Å². The number of aryl methyl sites for hydroxylation is 2. The van der Waals surface area contributed by atoms with Crippen molar-refractivity contribution in [2.45, 2.75) is 20.3 Å². The highest BCUT2D eigenvalue weighted by atomic mass is 16.3. The Labute approximate surface area is 134 Å². The van der Waals surface area contributed by atoms with E-state index in [4.69, 9.17) is 4.42 Å². The lowest BCUT2D eigenvalue weighted by Gasteiger charge is -2.11. The third-order valence-corrected chi connectivity index (χ3v) is 3.68. The monoisotopic (exact) mass is 306 g/mol. The Kier molecular flexibility index (Phi) is 4.24. The molecule has 0 atom stereocenters. The van der Waals surface area contributed by atoms with Crippen LogP contribution in [0.5, 0.6) is 0 Å². The minimum Gasteiger partial charge on any atom is -0.437 e. The van der Waals surface area contributed by atoms with Gasteiger partial charge in [0, 0.05) is 17.8 Å². The highest BCUT2D eigenvalue weighted by molar-refractivity contribution is 6.02. The molecule has 4 heteroatoms. The Bertz CT molecular complexity index is 845. The second-order valence-corrected chi connectivity index (χ2v) is 5.30. The molecule has 116 valence electrons. The third-order valence-electron chi connectivity index (χ3n) is 3.68. The summed E-state index contributed by atoms with van der Waals surface area (Å²) in [7, 11) is 0. The lowest BCUT2D eigenvalue weighted by atomic mass is 10.1. The Hall–Kier alpha value is -2.88. The normalized spacial score (nSPS) is 11.2. The van der Waals surface area contributed by atoms with Gasteiger partial charge in [-0.3, -0.25) is 4.79 Å². The quantitative estimate of drug-likeness (QED) is 0.729. The summed E-state index contributed by atoms with van der Waals surface area (Å²) in [6, 6.07) is 13.5. The number of fused-ring (bicyclic) bond motifs is 1. The molecule has 1 heterocycles. The van der Waals surface area contributed by atoms with Gasteiger partial charge in [0.15, 0.2) is 5.58 Å². The van der Waals surface area contributed by atoms with Crippen LogP contribution >= 0.6 is 0 Å². The fraction of sp³-hybridized carbons (Fsp3) is 0.158. The number of rotatable bonds is 4. The van der Waals surface area contributed by atoms with Gasteiger partial charge < -0.3 is 9.73 Å². The molecule has 2 aromatic carbocycles. The molecule has 3 rings (SSSR count). The van der Waals surface area contributed by atoms with Gasteiger partial charge in [0.2, 0.25) is 11.8 Å². The smallest absolute Gasteiger partial charge is 0.248 e. The Balaban J connectivity index is 1.77. The van der Waals surface area contributed by atoms with Gasteiger partial charge in [-0.25, -0.2) is 4.98 Å². The summed E-state index contributed by atoms with van der Waals surface area (Å²) < 4.78 is 5.56. The summed E-state index contributed by atoms with van der Waals surface area (Å²) in [5, 5.41) is 2.94. The SMILES string of the molecule is CCc1cccc(C)c1NC(=O)/C=C/c1nc2ccccc2o1. The standard InChI is InChI=1S/C19H18N2O2/c1-3-14-8-6-7-13(2)19(14)21-17(22)11-12-18-20-15-9-4-5-10-16(15)23-18/h4-12H,3H2,1-2H3,(H,21,22)/b12-11+. The maximum atomic E-state index is 12.2. The van der Waals surface area contributed by atoms with E-state index in [0.29, 0.717) is 11.5 Å². The van der Waals surface area contributed by atoms with Crippen LogP contribution in [-0.2, 0) is 11.2 Å². The van der Waals surface area contributed by atoms with Crippen molar-refractivity contribution >= 4 is 28.8 Å². The topological polar surface area (TPSA) is 55.1 Å². The Morgan fingerprint density at radius 1 is 1.22 bits per heavy atom. The number of nitrogens with one attached hydrogen (secondary N) is 1. The number of amides is 1. The molecule has 0 saturated heterocycles. The Morgan fingerprint density at radius 3 is 2.83 bits per heavy atom. The summed E-state index contributed by atoms with van der Waals surface area (Å²) in [6.45, 7) is 4.05. The van der Waals surface area contributed by atoms with Crippen LogP contribution in [0.2, 0.25) is 0 Å². The molecule has 1 N–H and O–H groups in total. The molecule has 0 spiro atoms. The van der Waals surface area contributed by atoms with Crippen LogP contribution in [0, 0.1) is 6.92 Å². The zero-order valence-corrected chi connectivity index (χ0v) is 13.2. The first-order chi connectivity index (χ1) is 11.2. The minimum atomic E-state index is -0.198. The van der Waals surface area contributed by atoms with E-state index >= 15 is 0 Å². The van der Waals surface area contributed by atoms with Crippen LogP contribution in [0.25, 0.3) is 17.2 Å². The first-order valence-corrected chi connectivity index (χ1v) is 7.60. The Morgan fingerprint density at radius 2 is 2.04 bits per heavy atom. The lowest BCUT2D eigenvalue weighted by molar-refractivity contribution is -0.111. The van der Waals surface area contributed by atoms with Crippen molar-refractivity contribution in [1.29, 1.82) is 0 Å². The molecule has 4 nitrogen and oxygen atoms in total. The first kappa shape index (κ1) is 15.0. The number of oxazole rings is 1. The number of para-hydroxylation sites is 3. The summed E-state index contributed by atoms with van der Waals surface area (Å²) in [4.78, 5) is 16.5. The van der Waals surface area contributed by atoms with Crippen LogP contribution in [0.3, 0.4) is 0 Å². The molecule has 3 aromatic rings. The van der Waals surface area contributed by atoms with Crippen LogP contribution in [0.15, 0.2) is 53.0 Å². The summed E-state index contributed by atoms with van der Waals surface area (Å²) in [6.07, 6.45) is 3.89. The van der Waals surface area contributed by atoms with Gasteiger partial charge in [-0.1, -0.05) is 37.3 Å². The predicted octanol–water partition coefficient (Wildman–Crippen LogP) is 4.35. The van der Waals surface area contributed by atoms with E-state index in [2.05, 4.69) is 17.2 Å². The average Bonchev–Trinajstić information content (AvgIpc) is 2.98. The number of aromatic nitrogens is 1. The van der Waals surface area contributed by atoms with Gasteiger partial charge >= 0.3 is 0 Å². The third kappa shape index (κ3) is 3.31. The predicted molar refractivity (Wildman–Crippen MR) is 92.2 cm³/mol. The van der Waals surface area contributed by atoms with Crippen LogP contribution in [0.4, 0.5) is 5.69 Å². The minimum absolute atomic E-state index is 0.198. The fourth-order valence-electron chi connectivity index (χ4n) is 2.48. The fourth-order valence-corrected chi connectivity index (χ4v) is 2.48. The van der Waals surface area contributed by atoms with Gasteiger partial charge in [-0.15, -0.1) is 0 Å². The molecular weight excluding hydrogens is 288 g/mol. The molecule has 1 amide bonds. The number of hydrogen-bond donors (Lipinski definition) is 1. The van der Waals surface area contributed by atoms with Crippen molar-refractivity contribution in [1.82, 2.24) is 4.98 Å². The number of anilines is 1. The molecular formula is C19H18N2O2. The summed E-state index contributed by atoms with van der Waals surface area (Å²) in [5.74, 6) is 0.220. The van der Waals surface area contributed by atoms with E-state index in [0.717, 1.165) is 28.8 Å². The maximum absolute atomic E-state index is 12.2. The van der Waals surface area contributed by atoms with Gasteiger partial charge in [0.1, 0.15) is 5.52 Å². The molecule has 0 bridgehead atoms. The van der Waals surface area contributed by atoms with E-state index < -0.39 is 0 Å². The molecule has 0 unspecified atom stereocenters. The summed E-state index contributed by atoms with van der Waals surface area (Å²) in [5.41, 5.74) is 4.53. The van der Waals surface area contributed by atoms with E-state index in [1.807, 2.05) is 49.4 Å². The van der Waals surface area contributed by atoms with Gasteiger partial charge in [0.25, 0.3) is 0 Å². The van der Waals surface area contributed by atoms with Crippen LogP contribution in [0.1, 0.15) is 23.9 Å². The molecule has 23 heavy (non-hydrogen) atoms. The first-order valence-electron chi connectivity index (χ1n) is 7.60. The number of nitrogens with zero attached hydrogens (tertiary/aromatic N) is 1. The number of hydrogen-bond acceptors (Lipinski definition) is 3. The maximum Gasteiger partial charge on any atom is 0.248 e. The molecule has 0 saturated carbocycles. The zero-order chi connectivity index (χ0) is 16.2. The number of carbonyl (C=O) groups excluding carboxylic acids is 1.